The Balaban J connectivity index is 1.84. The Kier molecular flexibility index (Phi) is 6.48. The van der Waals surface area contributed by atoms with Gasteiger partial charge in [-0.25, -0.2) is 4.79 Å². The van der Waals surface area contributed by atoms with Gasteiger partial charge < -0.3 is 15.0 Å². The highest BCUT2D eigenvalue weighted by atomic mass is 32.1. The highest BCUT2D eigenvalue weighted by Crippen LogP contribution is 2.42. The van der Waals surface area contributed by atoms with E-state index in [2.05, 4.69) is 29.8 Å². The van der Waals surface area contributed by atoms with Gasteiger partial charge in [0.2, 0.25) is 0 Å². The smallest absolute Gasteiger partial charge is 0.410 e. The summed E-state index contributed by atoms with van der Waals surface area (Å²) in [7, 11) is 0. The summed E-state index contributed by atoms with van der Waals surface area (Å²) in [6.07, 6.45) is 3.34. The fourth-order valence-corrected chi connectivity index (χ4v) is 3.54. The van der Waals surface area contributed by atoms with Crippen LogP contribution in [-0.4, -0.2) is 36.2 Å². The van der Waals surface area contributed by atoms with Crippen LogP contribution in [0.4, 0.5) is 4.79 Å². The van der Waals surface area contributed by atoms with Gasteiger partial charge in [-0.1, -0.05) is 13.0 Å². The Morgan fingerprint density at radius 3 is 2.70 bits per heavy atom. The van der Waals surface area contributed by atoms with Crippen LogP contribution in [0.2, 0.25) is 0 Å². The minimum absolute atomic E-state index is 0.208. The third-order valence-corrected chi connectivity index (χ3v) is 4.79. The first kappa shape index (κ1) is 18.3. The van der Waals surface area contributed by atoms with Gasteiger partial charge in [-0.3, -0.25) is 0 Å². The normalized spacial score (nSPS) is 16.2. The van der Waals surface area contributed by atoms with Crippen LogP contribution in [-0.2, 0) is 4.74 Å². The van der Waals surface area contributed by atoms with E-state index >= 15 is 0 Å². The van der Waals surface area contributed by atoms with Crippen LogP contribution in [0.1, 0.15) is 57.9 Å². The van der Waals surface area contributed by atoms with Gasteiger partial charge in [-0.2, -0.15) is 0 Å². The Morgan fingerprint density at radius 2 is 2.17 bits per heavy atom. The van der Waals surface area contributed by atoms with E-state index in [0.29, 0.717) is 12.6 Å². The van der Waals surface area contributed by atoms with Gasteiger partial charge in [0.1, 0.15) is 5.60 Å². The van der Waals surface area contributed by atoms with Gasteiger partial charge >= 0.3 is 6.09 Å². The lowest BCUT2D eigenvalue weighted by Gasteiger charge is -2.28. The van der Waals surface area contributed by atoms with Crippen LogP contribution in [0.25, 0.3) is 0 Å². The predicted octanol–water partition coefficient (Wildman–Crippen LogP) is 4.44. The second-order valence-electron chi connectivity index (χ2n) is 7.25. The number of hydrogen-bond donors (Lipinski definition) is 1. The highest BCUT2D eigenvalue weighted by molar-refractivity contribution is 7.10. The number of carbonyl (C=O) groups excluding carboxylic acids is 1. The summed E-state index contributed by atoms with van der Waals surface area (Å²) in [5.74, 6) is 0.759. The summed E-state index contributed by atoms with van der Waals surface area (Å²) in [5.41, 5.74) is -0.440. The van der Waals surface area contributed by atoms with Gasteiger partial charge in [-0.05, 0) is 57.4 Å². The number of thiophene rings is 1. The average Bonchev–Trinajstić information content (AvgIpc) is 3.14. The Labute approximate surface area is 144 Å². The van der Waals surface area contributed by atoms with Gasteiger partial charge in [0.15, 0.2) is 0 Å². The van der Waals surface area contributed by atoms with E-state index in [0.717, 1.165) is 25.4 Å². The maximum Gasteiger partial charge on any atom is 0.410 e. The van der Waals surface area contributed by atoms with E-state index in [-0.39, 0.29) is 6.09 Å². The second kappa shape index (κ2) is 8.15. The van der Waals surface area contributed by atoms with Crippen molar-refractivity contribution >= 4 is 17.4 Å². The Bertz CT molecular complexity index is 478. The summed E-state index contributed by atoms with van der Waals surface area (Å²) < 4.78 is 5.50. The summed E-state index contributed by atoms with van der Waals surface area (Å²) >= 11 is 1.81. The standard InChI is InChI=1S/C18H30N2O2S/c1-5-11-20(17(21)22-18(2,3)4)12-10-19-16(14-8-9-14)15-7-6-13-23-15/h6-7,13-14,16,19H,5,8-12H2,1-4H3. The number of ether oxygens (including phenoxy) is 1. The molecule has 1 atom stereocenters. The lowest BCUT2D eigenvalue weighted by molar-refractivity contribution is 0.0250. The molecule has 1 aromatic heterocycles. The molecule has 1 aliphatic rings. The van der Waals surface area contributed by atoms with Gasteiger partial charge in [0, 0.05) is 30.6 Å². The molecule has 1 fully saturated rings. The van der Waals surface area contributed by atoms with Crippen molar-refractivity contribution in [2.75, 3.05) is 19.6 Å². The highest BCUT2D eigenvalue weighted by Gasteiger charge is 2.32. The molecule has 4 nitrogen and oxygen atoms in total. The van der Waals surface area contributed by atoms with Crippen molar-refractivity contribution in [3.63, 3.8) is 0 Å². The zero-order valence-electron chi connectivity index (χ0n) is 14.8. The fourth-order valence-electron chi connectivity index (χ4n) is 2.64. The van der Waals surface area contributed by atoms with Crippen molar-refractivity contribution in [1.29, 1.82) is 0 Å². The molecular weight excluding hydrogens is 308 g/mol. The maximum atomic E-state index is 12.3. The second-order valence-corrected chi connectivity index (χ2v) is 8.23. The molecule has 1 N–H and O–H groups in total. The van der Waals surface area contributed by atoms with Crippen LogP contribution in [0, 0.1) is 5.92 Å². The molecule has 0 spiro atoms. The van der Waals surface area contributed by atoms with Crippen LogP contribution < -0.4 is 5.32 Å². The molecule has 1 unspecified atom stereocenters. The van der Waals surface area contributed by atoms with Crippen molar-refractivity contribution in [3.8, 4) is 0 Å². The largest absolute Gasteiger partial charge is 0.444 e. The minimum Gasteiger partial charge on any atom is -0.444 e. The molecule has 0 aliphatic heterocycles. The Morgan fingerprint density at radius 1 is 1.43 bits per heavy atom. The molecule has 0 radical (unpaired) electrons. The average molecular weight is 339 g/mol. The quantitative estimate of drug-likeness (QED) is 0.762. The first-order valence-corrected chi connectivity index (χ1v) is 9.53. The van der Waals surface area contributed by atoms with E-state index in [1.807, 2.05) is 37.0 Å². The van der Waals surface area contributed by atoms with Crippen molar-refractivity contribution < 1.29 is 9.53 Å². The number of amides is 1. The monoisotopic (exact) mass is 338 g/mol. The maximum absolute atomic E-state index is 12.3. The predicted molar refractivity (Wildman–Crippen MR) is 95.9 cm³/mol. The van der Waals surface area contributed by atoms with Crippen molar-refractivity contribution in [3.05, 3.63) is 22.4 Å². The van der Waals surface area contributed by atoms with E-state index in [9.17, 15) is 4.79 Å². The van der Waals surface area contributed by atoms with Crippen LogP contribution in [0.15, 0.2) is 17.5 Å². The Hall–Kier alpha value is -1.07. The number of hydrogen-bond acceptors (Lipinski definition) is 4. The lowest BCUT2D eigenvalue weighted by atomic mass is 10.1. The molecule has 1 amide bonds. The first-order chi connectivity index (χ1) is 10.9. The molecule has 0 aromatic carbocycles. The number of nitrogens with one attached hydrogen (secondary N) is 1. The molecule has 2 rings (SSSR count). The zero-order chi connectivity index (χ0) is 16.9. The lowest BCUT2D eigenvalue weighted by Crippen LogP contribution is -2.41. The molecule has 23 heavy (non-hydrogen) atoms. The van der Waals surface area contributed by atoms with E-state index in [4.69, 9.17) is 4.74 Å². The zero-order valence-corrected chi connectivity index (χ0v) is 15.6. The molecular formula is C18H30N2O2S. The third-order valence-electron chi connectivity index (χ3n) is 3.83. The van der Waals surface area contributed by atoms with Crippen molar-refractivity contribution in [2.45, 2.75) is 58.6 Å². The minimum atomic E-state index is -0.440. The van der Waals surface area contributed by atoms with E-state index in [1.165, 1.54) is 17.7 Å². The summed E-state index contributed by atoms with van der Waals surface area (Å²) in [6.45, 7) is 10.1. The first-order valence-electron chi connectivity index (χ1n) is 8.65. The van der Waals surface area contributed by atoms with E-state index in [1.54, 1.807) is 0 Å². The summed E-state index contributed by atoms with van der Waals surface area (Å²) in [5, 5.41) is 5.79. The third kappa shape index (κ3) is 6.15. The molecule has 1 aromatic rings. The van der Waals surface area contributed by atoms with E-state index < -0.39 is 5.60 Å². The summed E-state index contributed by atoms with van der Waals surface area (Å²) in [6, 6.07) is 4.76. The number of rotatable bonds is 8. The fraction of sp³-hybridized carbons (Fsp3) is 0.722. The van der Waals surface area contributed by atoms with Crippen LogP contribution >= 0.6 is 11.3 Å². The molecule has 1 heterocycles. The number of carbonyl (C=O) groups is 1. The number of nitrogens with zero attached hydrogens (tertiary/aromatic N) is 1. The molecule has 1 aliphatic carbocycles. The molecule has 130 valence electrons. The van der Waals surface area contributed by atoms with Gasteiger partial charge in [0.25, 0.3) is 0 Å². The van der Waals surface area contributed by atoms with Gasteiger partial charge in [-0.15, -0.1) is 11.3 Å². The van der Waals surface area contributed by atoms with Crippen LogP contribution in [0.3, 0.4) is 0 Å². The van der Waals surface area contributed by atoms with Crippen LogP contribution in [0.5, 0.6) is 0 Å². The van der Waals surface area contributed by atoms with Gasteiger partial charge in [0.05, 0.1) is 0 Å². The molecule has 5 heteroatoms. The SMILES string of the molecule is CCCN(CCNC(c1cccs1)C1CC1)C(=O)OC(C)(C)C. The van der Waals surface area contributed by atoms with Crippen molar-refractivity contribution in [2.24, 2.45) is 5.92 Å². The summed E-state index contributed by atoms with van der Waals surface area (Å²) in [4.78, 5) is 15.5. The molecule has 0 saturated heterocycles. The topological polar surface area (TPSA) is 41.6 Å². The molecule has 1 saturated carbocycles. The van der Waals surface area contributed by atoms with Crippen molar-refractivity contribution in [1.82, 2.24) is 10.2 Å². The molecule has 0 bridgehead atoms.